The quantitative estimate of drug-likeness (QED) is 0.678. The lowest BCUT2D eigenvalue weighted by atomic mass is 10.0. The Morgan fingerprint density at radius 1 is 1.07 bits per heavy atom. The molecule has 1 saturated heterocycles. The van der Waals surface area contributed by atoms with Crippen molar-refractivity contribution >= 4 is 52.1 Å². The summed E-state index contributed by atoms with van der Waals surface area (Å²) in [7, 11) is 0. The summed E-state index contributed by atoms with van der Waals surface area (Å²) in [6, 6.07) is 12.4. The van der Waals surface area contributed by atoms with Gasteiger partial charge < -0.3 is 5.11 Å². The second-order valence-electron chi connectivity index (χ2n) is 7.37. The Morgan fingerprint density at radius 2 is 1.80 bits per heavy atom. The van der Waals surface area contributed by atoms with E-state index in [9.17, 15) is 9.90 Å². The fraction of sp³-hybridized carbons (Fsp3) is 0.333. The van der Waals surface area contributed by atoms with E-state index in [-0.39, 0.29) is 11.9 Å². The van der Waals surface area contributed by atoms with E-state index < -0.39 is 6.23 Å². The molecule has 2 aliphatic rings. The number of nitrogens with zero attached hydrogens (tertiary/aromatic N) is 3. The van der Waals surface area contributed by atoms with E-state index in [1.165, 1.54) is 0 Å². The number of nitrogens with one attached hydrogen (secondary N) is 1. The standard InChI is InChI=1S/C21H21Cl3N4O2/c22-14-6-4-13(5-7-14)19-12-17(21(30)26-27-10-2-1-3-20(27)29)25-28(19)18-9-8-15(23)11-16(18)24/h4-9,11,19-20,29H,1-3,10,12H2,(H,26,30). The van der Waals surface area contributed by atoms with Crippen molar-refractivity contribution < 1.29 is 9.90 Å². The number of piperidine rings is 1. The molecule has 0 saturated carbocycles. The number of hydrazine groups is 1. The molecule has 30 heavy (non-hydrogen) atoms. The minimum absolute atomic E-state index is 0.229. The molecule has 2 aromatic rings. The average molecular weight is 468 g/mol. The molecule has 2 aromatic carbocycles. The molecule has 0 bridgehead atoms. The molecule has 2 N–H and O–H groups in total. The van der Waals surface area contributed by atoms with Crippen molar-refractivity contribution in [3.63, 3.8) is 0 Å². The van der Waals surface area contributed by atoms with Crippen LogP contribution >= 0.6 is 34.8 Å². The van der Waals surface area contributed by atoms with E-state index in [1.807, 2.05) is 12.1 Å². The Kier molecular flexibility index (Phi) is 6.51. The first-order valence-corrected chi connectivity index (χ1v) is 10.9. The lowest BCUT2D eigenvalue weighted by Gasteiger charge is -2.31. The van der Waals surface area contributed by atoms with Crippen molar-refractivity contribution in [2.75, 3.05) is 11.6 Å². The molecular formula is C21H21Cl3N4O2. The smallest absolute Gasteiger partial charge is 0.281 e. The molecule has 9 heteroatoms. The molecule has 2 heterocycles. The van der Waals surface area contributed by atoms with Gasteiger partial charge in [-0.2, -0.15) is 10.1 Å². The molecular weight excluding hydrogens is 447 g/mol. The largest absolute Gasteiger partial charge is 0.377 e. The summed E-state index contributed by atoms with van der Waals surface area (Å²) in [5.74, 6) is -0.331. The Hall–Kier alpha value is -1.83. The van der Waals surface area contributed by atoms with Crippen LogP contribution in [0.1, 0.15) is 37.3 Å². The molecule has 6 nitrogen and oxygen atoms in total. The van der Waals surface area contributed by atoms with Crippen LogP contribution in [0.15, 0.2) is 47.6 Å². The number of carbonyl (C=O) groups is 1. The lowest BCUT2D eigenvalue weighted by Crippen LogP contribution is -2.52. The number of aliphatic hydroxyl groups is 1. The first-order valence-electron chi connectivity index (χ1n) is 9.75. The van der Waals surface area contributed by atoms with Crippen molar-refractivity contribution in [3.05, 3.63) is 63.1 Å². The highest BCUT2D eigenvalue weighted by Gasteiger charge is 2.34. The predicted molar refractivity (Wildman–Crippen MR) is 120 cm³/mol. The summed E-state index contributed by atoms with van der Waals surface area (Å²) in [4.78, 5) is 12.9. The topological polar surface area (TPSA) is 68.2 Å². The molecule has 0 aliphatic carbocycles. The minimum atomic E-state index is -0.682. The molecule has 158 valence electrons. The highest BCUT2D eigenvalue weighted by Crippen LogP contribution is 2.39. The summed E-state index contributed by atoms with van der Waals surface area (Å²) < 4.78 is 0. The van der Waals surface area contributed by atoms with Crippen molar-refractivity contribution in [2.24, 2.45) is 5.10 Å². The molecule has 1 fully saturated rings. The van der Waals surface area contributed by atoms with Gasteiger partial charge in [-0.25, -0.2) is 0 Å². The maximum Gasteiger partial charge on any atom is 0.281 e. The van der Waals surface area contributed by atoms with E-state index in [2.05, 4.69) is 10.5 Å². The third-order valence-electron chi connectivity index (χ3n) is 5.30. The van der Waals surface area contributed by atoms with E-state index in [0.717, 1.165) is 18.4 Å². The second-order valence-corrected chi connectivity index (χ2v) is 8.65. The molecule has 1 amide bonds. The van der Waals surface area contributed by atoms with E-state index in [4.69, 9.17) is 34.8 Å². The van der Waals surface area contributed by atoms with Gasteiger partial charge in [0.15, 0.2) is 0 Å². The van der Waals surface area contributed by atoms with Gasteiger partial charge in [0.05, 0.1) is 16.8 Å². The maximum atomic E-state index is 12.9. The number of hydrazone groups is 1. The second kappa shape index (κ2) is 9.12. The SMILES string of the molecule is O=C(NN1CCCCC1O)C1=NN(c2ccc(Cl)cc2Cl)C(c2ccc(Cl)cc2)C1. The Bertz CT molecular complexity index is 967. The molecule has 2 atom stereocenters. The number of anilines is 1. The van der Waals surface area contributed by atoms with Gasteiger partial charge in [-0.3, -0.25) is 15.2 Å². The van der Waals surface area contributed by atoms with Crippen LogP contribution in [0.4, 0.5) is 5.69 Å². The van der Waals surface area contributed by atoms with Gasteiger partial charge in [-0.05, 0) is 55.2 Å². The van der Waals surface area contributed by atoms with Crippen LogP contribution in [0.5, 0.6) is 0 Å². The third-order valence-corrected chi connectivity index (χ3v) is 6.09. The number of amides is 1. The van der Waals surface area contributed by atoms with Crippen molar-refractivity contribution in [3.8, 4) is 0 Å². The monoisotopic (exact) mass is 466 g/mol. The molecule has 0 radical (unpaired) electrons. The zero-order chi connectivity index (χ0) is 21.3. The van der Waals surface area contributed by atoms with Crippen LogP contribution in [-0.2, 0) is 4.79 Å². The lowest BCUT2D eigenvalue weighted by molar-refractivity contribution is -0.128. The van der Waals surface area contributed by atoms with Gasteiger partial charge in [-0.1, -0.05) is 46.9 Å². The van der Waals surface area contributed by atoms with Crippen LogP contribution in [0.2, 0.25) is 15.1 Å². The molecule has 0 spiro atoms. The van der Waals surface area contributed by atoms with Gasteiger partial charge in [0.2, 0.25) is 0 Å². The summed E-state index contributed by atoms with van der Waals surface area (Å²) >= 11 is 18.5. The fourth-order valence-corrected chi connectivity index (χ4v) is 4.34. The summed E-state index contributed by atoms with van der Waals surface area (Å²) in [5, 5.41) is 19.6. The highest BCUT2D eigenvalue weighted by molar-refractivity contribution is 6.40. The van der Waals surface area contributed by atoms with E-state index >= 15 is 0 Å². The summed E-state index contributed by atoms with van der Waals surface area (Å²) in [6.45, 7) is 0.605. The first-order chi connectivity index (χ1) is 14.4. The van der Waals surface area contributed by atoms with Gasteiger partial charge in [0, 0.05) is 23.0 Å². The third kappa shape index (κ3) is 4.58. The van der Waals surface area contributed by atoms with Crippen LogP contribution in [0, 0.1) is 0 Å². The predicted octanol–water partition coefficient (Wildman–Crippen LogP) is 4.79. The molecule has 0 aromatic heterocycles. The normalized spacial score (nSPS) is 22.1. The fourth-order valence-electron chi connectivity index (χ4n) is 3.72. The van der Waals surface area contributed by atoms with Crippen LogP contribution in [0.3, 0.4) is 0 Å². The average Bonchev–Trinajstić information content (AvgIpc) is 3.15. The van der Waals surface area contributed by atoms with Gasteiger partial charge in [-0.15, -0.1) is 0 Å². The first kappa shape index (κ1) is 21.4. The number of hydrogen-bond donors (Lipinski definition) is 2. The Morgan fingerprint density at radius 3 is 2.50 bits per heavy atom. The number of aliphatic hydroxyl groups excluding tert-OH is 1. The number of hydrogen-bond acceptors (Lipinski definition) is 5. The Labute approximate surface area is 190 Å². The summed E-state index contributed by atoms with van der Waals surface area (Å²) in [6.07, 6.45) is 2.20. The van der Waals surface area contributed by atoms with Crippen molar-refractivity contribution in [1.82, 2.24) is 10.4 Å². The summed E-state index contributed by atoms with van der Waals surface area (Å²) in [5.41, 5.74) is 4.77. The van der Waals surface area contributed by atoms with Gasteiger partial charge in [0.1, 0.15) is 11.9 Å². The van der Waals surface area contributed by atoms with Crippen LogP contribution in [-0.4, -0.2) is 34.5 Å². The number of carbonyl (C=O) groups excluding carboxylic acids is 1. The van der Waals surface area contributed by atoms with Crippen molar-refractivity contribution in [2.45, 2.75) is 38.0 Å². The zero-order valence-electron chi connectivity index (χ0n) is 16.1. The number of rotatable bonds is 4. The van der Waals surface area contributed by atoms with Gasteiger partial charge >= 0.3 is 0 Å². The number of benzene rings is 2. The molecule has 2 unspecified atom stereocenters. The molecule has 4 rings (SSSR count). The van der Waals surface area contributed by atoms with E-state index in [0.29, 0.717) is 45.9 Å². The van der Waals surface area contributed by atoms with Gasteiger partial charge in [0.25, 0.3) is 5.91 Å². The minimum Gasteiger partial charge on any atom is -0.377 e. The van der Waals surface area contributed by atoms with Crippen molar-refractivity contribution in [1.29, 1.82) is 0 Å². The maximum absolute atomic E-state index is 12.9. The van der Waals surface area contributed by atoms with Crippen LogP contribution in [0.25, 0.3) is 0 Å². The van der Waals surface area contributed by atoms with E-state index in [1.54, 1.807) is 40.3 Å². The van der Waals surface area contributed by atoms with Crippen LogP contribution < -0.4 is 10.4 Å². The highest BCUT2D eigenvalue weighted by atomic mass is 35.5. The molecule has 2 aliphatic heterocycles. The Balaban J connectivity index is 1.63. The zero-order valence-corrected chi connectivity index (χ0v) is 18.3. The number of halogens is 3.